The van der Waals surface area contributed by atoms with Gasteiger partial charge < -0.3 is 13.1 Å². The summed E-state index contributed by atoms with van der Waals surface area (Å²) in [5.41, 5.74) is 0.237. The van der Waals surface area contributed by atoms with Crippen LogP contribution in [0.5, 0.6) is 11.5 Å². The minimum absolute atomic E-state index is 0.0491. The summed E-state index contributed by atoms with van der Waals surface area (Å²) in [4.78, 5) is 4.28. The summed E-state index contributed by atoms with van der Waals surface area (Å²) in [6.45, 7) is 0.633. The zero-order valence-corrected chi connectivity index (χ0v) is 19.4. The Bertz CT molecular complexity index is 953. The lowest BCUT2D eigenvalue weighted by molar-refractivity contribution is 0.192. The molecular formula is C16H23NO9S4. The van der Waals surface area contributed by atoms with Crippen molar-refractivity contribution in [3.05, 3.63) is 17.7 Å². The highest BCUT2D eigenvalue weighted by atomic mass is 32.3. The van der Waals surface area contributed by atoms with Gasteiger partial charge in [-0.3, -0.25) is 9.11 Å². The molecule has 170 valence electrons. The van der Waals surface area contributed by atoms with E-state index in [1.165, 1.54) is 35.7 Å². The number of ether oxygens (including phenoxy) is 1. The van der Waals surface area contributed by atoms with Gasteiger partial charge in [0.25, 0.3) is 0 Å². The first-order chi connectivity index (χ1) is 14.1. The lowest BCUT2D eigenvalue weighted by Gasteiger charge is -2.15. The van der Waals surface area contributed by atoms with Gasteiger partial charge in [0, 0.05) is 30.8 Å². The average Bonchev–Trinajstić information content (AvgIpc) is 3.13. The van der Waals surface area contributed by atoms with Gasteiger partial charge >= 0.3 is 20.8 Å². The van der Waals surface area contributed by atoms with Crippen LogP contribution in [0.25, 0.3) is 0 Å². The van der Waals surface area contributed by atoms with E-state index in [-0.39, 0.29) is 11.3 Å². The predicted octanol–water partition coefficient (Wildman–Crippen LogP) is 3.27. The molecule has 14 heteroatoms. The van der Waals surface area contributed by atoms with Crippen LogP contribution in [0.15, 0.2) is 17.1 Å². The molecule has 0 spiro atoms. The summed E-state index contributed by atoms with van der Waals surface area (Å²) in [6, 6.07) is 2.97. The molecule has 0 unspecified atom stereocenters. The van der Waals surface area contributed by atoms with Gasteiger partial charge in [-0.2, -0.15) is 16.8 Å². The summed E-state index contributed by atoms with van der Waals surface area (Å²) >= 11 is 2.87. The van der Waals surface area contributed by atoms with Gasteiger partial charge in [0.2, 0.25) is 5.75 Å². The summed E-state index contributed by atoms with van der Waals surface area (Å²) in [7, 11) is -8.40. The first-order valence-electron chi connectivity index (χ1n) is 8.92. The Morgan fingerprint density at radius 3 is 2.13 bits per heavy atom. The monoisotopic (exact) mass is 501 g/mol. The van der Waals surface area contributed by atoms with E-state index in [0.717, 1.165) is 30.8 Å². The Morgan fingerprint density at radius 1 is 0.933 bits per heavy atom. The number of benzene rings is 1. The molecule has 0 bridgehead atoms. The quantitative estimate of drug-likeness (QED) is 0.321. The maximum Gasteiger partial charge on any atom is 0.446 e. The minimum atomic E-state index is -5.02. The number of aryl methyl sites for hydroxylation is 1. The van der Waals surface area contributed by atoms with E-state index in [4.69, 9.17) is 4.74 Å². The van der Waals surface area contributed by atoms with Gasteiger partial charge in [-0.1, -0.05) is 42.4 Å². The molecule has 1 aromatic carbocycles. The largest absolute Gasteiger partial charge is 0.446 e. The predicted molar refractivity (Wildman–Crippen MR) is 117 cm³/mol. The number of hydrogen-bond donors (Lipinski definition) is 2. The Morgan fingerprint density at radius 2 is 1.53 bits per heavy atom. The van der Waals surface area contributed by atoms with Crippen LogP contribution < -0.4 is 8.37 Å². The smallest absolute Gasteiger partial charge is 0.385 e. The van der Waals surface area contributed by atoms with E-state index in [9.17, 15) is 25.9 Å². The number of thioether (sulfide) groups is 2. The van der Waals surface area contributed by atoms with Crippen LogP contribution in [0.3, 0.4) is 0 Å². The van der Waals surface area contributed by atoms with Gasteiger partial charge in [0.05, 0.1) is 0 Å². The molecule has 1 fully saturated rings. The average molecular weight is 502 g/mol. The van der Waals surface area contributed by atoms with Gasteiger partial charge in [-0.05, 0) is 25.3 Å². The van der Waals surface area contributed by atoms with Crippen molar-refractivity contribution in [3.63, 3.8) is 0 Å². The Kier molecular flexibility index (Phi) is 9.71. The summed E-state index contributed by atoms with van der Waals surface area (Å²) < 4.78 is 78.7. The zero-order valence-electron chi connectivity index (χ0n) is 16.1. The highest BCUT2D eigenvalue weighted by molar-refractivity contribution is 8.41. The van der Waals surface area contributed by atoms with E-state index >= 15 is 0 Å². The van der Waals surface area contributed by atoms with Crippen molar-refractivity contribution in [2.45, 2.75) is 32.1 Å². The third-order valence-corrected chi connectivity index (χ3v) is 7.05. The zero-order chi connectivity index (χ0) is 22.2. The molecule has 1 aliphatic heterocycles. The van der Waals surface area contributed by atoms with Crippen molar-refractivity contribution in [2.75, 3.05) is 25.2 Å². The maximum atomic E-state index is 11.4. The molecule has 10 nitrogen and oxygen atoms in total. The highest BCUT2D eigenvalue weighted by Gasteiger charge is 2.25. The number of hydrogen-bond acceptors (Lipinski definition) is 10. The molecule has 0 atom stereocenters. The van der Waals surface area contributed by atoms with Crippen LogP contribution in [0.1, 0.15) is 31.2 Å². The summed E-state index contributed by atoms with van der Waals surface area (Å²) in [6.07, 6.45) is 3.52. The molecule has 1 aliphatic rings. The second-order valence-electron chi connectivity index (χ2n) is 6.16. The van der Waals surface area contributed by atoms with E-state index in [1.807, 2.05) is 0 Å². The molecule has 1 saturated heterocycles. The Hall–Kier alpha value is -1.03. The van der Waals surface area contributed by atoms with Crippen LogP contribution in [-0.4, -0.2) is 55.5 Å². The van der Waals surface area contributed by atoms with Gasteiger partial charge in [-0.25, -0.2) is 4.99 Å². The molecule has 0 aromatic heterocycles. The van der Waals surface area contributed by atoms with Crippen molar-refractivity contribution in [1.82, 2.24) is 0 Å². The minimum Gasteiger partial charge on any atom is -0.385 e. The first-order valence-corrected chi connectivity index (χ1v) is 13.6. The third kappa shape index (κ3) is 8.99. The van der Waals surface area contributed by atoms with Gasteiger partial charge in [-0.15, -0.1) is 0 Å². The number of methoxy groups -OCH3 is 1. The SMILES string of the molecule is COCCCCCCc1ccc(N=C2SCCS2)c(OS(=O)(=O)O)c1OS(=O)(=O)O. The number of nitrogens with zero attached hydrogens (tertiary/aromatic N) is 1. The van der Waals surface area contributed by atoms with Gasteiger partial charge in [0.15, 0.2) is 5.75 Å². The molecule has 1 heterocycles. The highest BCUT2D eigenvalue weighted by Crippen LogP contribution is 2.44. The maximum absolute atomic E-state index is 11.4. The van der Waals surface area contributed by atoms with Crippen molar-refractivity contribution in [3.8, 4) is 11.5 Å². The van der Waals surface area contributed by atoms with Crippen molar-refractivity contribution in [1.29, 1.82) is 0 Å². The fourth-order valence-corrected chi connectivity index (χ4v) is 5.58. The topological polar surface area (TPSA) is 149 Å². The normalized spacial score (nSPS) is 14.7. The lowest BCUT2D eigenvalue weighted by atomic mass is 10.0. The van der Waals surface area contributed by atoms with E-state index in [1.54, 1.807) is 7.11 Å². The molecule has 0 aliphatic carbocycles. The van der Waals surface area contributed by atoms with Crippen LogP contribution >= 0.6 is 23.5 Å². The summed E-state index contributed by atoms with van der Waals surface area (Å²) in [5, 5.41) is 0. The molecule has 2 rings (SSSR count). The lowest BCUT2D eigenvalue weighted by Crippen LogP contribution is -2.13. The summed E-state index contributed by atoms with van der Waals surface area (Å²) in [5.74, 6) is 0.496. The number of rotatable bonds is 12. The van der Waals surface area contributed by atoms with Crippen molar-refractivity contribution < 1.29 is 39.0 Å². The van der Waals surface area contributed by atoms with Crippen molar-refractivity contribution >= 4 is 54.4 Å². The molecule has 1 aromatic rings. The third-order valence-electron chi connectivity index (χ3n) is 3.84. The fourth-order valence-electron chi connectivity index (χ4n) is 2.64. The van der Waals surface area contributed by atoms with E-state index in [0.29, 0.717) is 23.8 Å². The van der Waals surface area contributed by atoms with Crippen LogP contribution in [0.4, 0.5) is 5.69 Å². The second kappa shape index (κ2) is 11.5. The number of unbranched alkanes of at least 4 members (excludes halogenated alkanes) is 3. The van der Waals surface area contributed by atoms with Crippen LogP contribution in [-0.2, 0) is 32.0 Å². The van der Waals surface area contributed by atoms with E-state index < -0.39 is 32.3 Å². The Balaban J connectivity index is 2.40. The molecular weight excluding hydrogens is 478 g/mol. The van der Waals surface area contributed by atoms with Crippen LogP contribution in [0, 0.1) is 0 Å². The van der Waals surface area contributed by atoms with Gasteiger partial charge in [0.1, 0.15) is 10.1 Å². The standard InChI is InChI=1S/C16H23NO9S4/c1-24-9-5-3-2-4-6-12-7-8-13(17-16-27-10-11-28-16)15(26-30(21,22)23)14(12)25-29(18,19)20/h7-8H,2-6,9-11H2,1H3,(H,18,19,20)(H,21,22,23). The van der Waals surface area contributed by atoms with E-state index in [2.05, 4.69) is 13.4 Å². The molecule has 30 heavy (non-hydrogen) atoms. The number of aliphatic imine (C=N–C) groups is 1. The second-order valence-corrected chi connectivity index (χ2v) is 10.6. The molecule has 0 radical (unpaired) electrons. The first kappa shape index (κ1) is 25.2. The molecule has 0 amide bonds. The molecule has 2 N–H and O–H groups in total. The van der Waals surface area contributed by atoms with Crippen molar-refractivity contribution in [2.24, 2.45) is 4.99 Å². The van der Waals surface area contributed by atoms with Crippen LogP contribution in [0.2, 0.25) is 0 Å². The Labute approximate surface area is 184 Å². The molecule has 0 saturated carbocycles. The fraction of sp³-hybridized carbons (Fsp3) is 0.562.